The normalized spacial score (nSPS) is 15.9. The quantitative estimate of drug-likeness (QED) is 0.341. The van der Waals surface area contributed by atoms with Gasteiger partial charge in [-0.2, -0.15) is 0 Å². The molecule has 150 valence electrons. The lowest BCUT2D eigenvalue weighted by atomic mass is 10.2. The van der Waals surface area contributed by atoms with Crippen molar-refractivity contribution in [2.45, 2.75) is 25.9 Å². The van der Waals surface area contributed by atoms with Crippen molar-refractivity contribution >= 4 is 13.9 Å². The van der Waals surface area contributed by atoms with E-state index in [4.69, 9.17) is 18.6 Å². The molecule has 1 aliphatic rings. The first-order chi connectivity index (χ1) is 13.6. The number of nitrogens with zero attached hydrogens (tertiary/aromatic N) is 1. The van der Waals surface area contributed by atoms with Crippen LogP contribution in [0.4, 0.5) is 4.79 Å². The lowest BCUT2D eigenvalue weighted by molar-refractivity contribution is -0.177. The molecule has 1 saturated heterocycles. The van der Waals surface area contributed by atoms with Gasteiger partial charge in [0, 0.05) is 13.1 Å². The highest BCUT2D eigenvalue weighted by Gasteiger charge is 2.32. The van der Waals surface area contributed by atoms with Gasteiger partial charge in [0.1, 0.15) is 0 Å². The summed E-state index contributed by atoms with van der Waals surface area (Å²) in [6.45, 7) is 1.28. The average Bonchev–Trinajstić information content (AvgIpc) is 3.27. The summed E-state index contributed by atoms with van der Waals surface area (Å²) in [7, 11) is -4.09. The van der Waals surface area contributed by atoms with Crippen LogP contribution in [0.2, 0.25) is 0 Å². The average molecular weight is 405 g/mol. The minimum absolute atomic E-state index is 0.00468. The van der Waals surface area contributed by atoms with Gasteiger partial charge in [-0.25, -0.2) is 9.36 Å². The van der Waals surface area contributed by atoms with Crippen LogP contribution in [0.3, 0.4) is 0 Å². The van der Waals surface area contributed by atoms with Gasteiger partial charge in [0.05, 0.1) is 13.2 Å². The molecule has 1 aliphatic heterocycles. The van der Waals surface area contributed by atoms with Gasteiger partial charge in [-0.1, -0.05) is 65.3 Å². The van der Waals surface area contributed by atoms with Crippen LogP contribution in [0.1, 0.15) is 24.0 Å². The van der Waals surface area contributed by atoms with Crippen molar-refractivity contribution in [1.82, 2.24) is 4.90 Å². The van der Waals surface area contributed by atoms with Crippen molar-refractivity contribution in [2.75, 3.05) is 19.7 Å². The Bertz CT molecular complexity index is 780. The predicted molar refractivity (Wildman–Crippen MR) is 103 cm³/mol. The van der Waals surface area contributed by atoms with Gasteiger partial charge in [0.25, 0.3) is 0 Å². The topological polar surface area (TPSA) is 74.3 Å². The van der Waals surface area contributed by atoms with Crippen LogP contribution in [0, 0.1) is 0 Å². The lowest BCUT2D eigenvalue weighted by Gasteiger charge is -2.18. The molecule has 0 N–H and O–H groups in total. The van der Waals surface area contributed by atoms with Crippen LogP contribution < -0.4 is 0 Å². The van der Waals surface area contributed by atoms with E-state index in [2.05, 4.69) is 0 Å². The summed E-state index contributed by atoms with van der Waals surface area (Å²) in [5.74, 6) is 0. The van der Waals surface area contributed by atoms with Crippen LogP contribution in [0.5, 0.6) is 0 Å². The first-order valence-corrected chi connectivity index (χ1v) is 10.7. The van der Waals surface area contributed by atoms with Gasteiger partial charge in [-0.05, 0) is 30.4 Å². The molecule has 0 radical (unpaired) electrons. The molecular formula is C20H24NO6P. The summed E-state index contributed by atoms with van der Waals surface area (Å²) in [6, 6.07) is 18.8. The maximum atomic E-state index is 12.9. The number of phosphoric acid groups is 1. The number of hydrogen-bond donors (Lipinski definition) is 0. The zero-order valence-corrected chi connectivity index (χ0v) is 16.5. The molecule has 1 unspecified atom stereocenters. The molecule has 1 atom stereocenters. The van der Waals surface area contributed by atoms with Gasteiger partial charge >= 0.3 is 13.9 Å². The van der Waals surface area contributed by atoms with Crippen molar-refractivity contribution in [2.24, 2.45) is 0 Å². The largest absolute Gasteiger partial charge is 0.511 e. The number of rotatable bonds is 9. The molecule has 0 spiro atoms. The van der Waals surface area contributed by atoms with E-state index in [0.29, 0.717) is 19.5 Å². The Morgan fingerprint density at radius 1 is 0.893 bits per heavy atom. The highest BCUT2D eigenvalue weighted by Crippen LogP contribution is 2.50. The number of carbonyl (C=O) groups excluding carboxylic acids is 1. The number of carbonyl (C=O) groups is 1. The van der Waals surface area contributed by atoms with Gasteiger partial charge in [-0.3, -0.25) is 13.9 Å². The second-order valence-electron chi connectivity index (χ2n) is 6.39. The van der Waals surface area contributed by atoms with E-state index in [1.54, 1.807) is 0 Å². The summed E-state index contributed by atoms with van der Waals surface area (Å²) in [4.78, 5) is 18.3. The van der Waals surface area contributed by atoms with Crippen LogP contribution in [0.25, 0.3) is 0 Å². The molecule has 2 aromatic rings. The Labute approximate surface area is 164 Å². The summed E-state index contributed by atoms with van der Waals surface area (Å²) in [5, 5.41) is 0. The highest BCUT2D eigenvalue weighted by molar-refractivity contribution is 7.48. The first kappa shape index (κ1) is 20.6. The molecule has 0 saturated carbocycles. The molecule has 1 amide bonds. The van der Waals surface area contributed by atoms with Crippen LogP contribution in [0.15, 0.2) is 60.7 Å². The van der Waals surface area contributed by atoms with E-state index in [9.17, 15) is 9.36 Å². The smallest absolute Gasteiger partial charge is 0.306 e. The number of benzene rings is 2. The maximum absolute atomic E-state index is 12.9. The molecule has 0 bridgehead atoms. The third-order valence-corrected chi connectivity index (χ3v) is 5.48. The predicted octanol–water partition coefficient (Wildman–Crippen LogP) is 4.73. The second-order valence-corrected chi connectivity index (χ2v) is 7.95. The SMILES string of the molecule is O=C(OOP(=O)(OCCc1ccccc1)OCc1ccccc1)N1CCCC1. The fraction of sp³-hybridized carbons (Fsp3) is 0.350. The monoisotopic (exact) mass is 405 g/mol. The van der Waals surface area contributed by atoms with Crippen molar-refractivity contribution < 1.29 is 28.0 Å². The molecule has 1 fully saturated rings. The Kier molecular flexibility index (Phi) is 7.62. The molecule has 28 heavy (non-hydrogen) atoms. The Morgan fingerprint density at radius 2 is 1.50 bits per heavy atom. The summed E-state index contributed by atoms with van der Waals surface area (Å²) < 4.78 is 28.6. The molecule has 1 heterocycles. The minimum atomic E-state index is -4.09. The van der Waals surface area contributed by atoms with Gasteiger partial charge in [-0.15, -0.1) is 0 Å². The minimum Gasteiger partial charge on any atom is -0.306 e. The van der Waals surface area contributed by atoms with Crippen LogP contribution >= 0.6 is 7.82 Å². The maximum Gasteiger partial charge on any atom is 0.511 e. The van der Waals surface area contributed by atoms with Crippen molar-refractivity contribution in [3.05, 3.63) is 71.8 Å². The van der Waals surface area contributed by atoms with E-state index in [1.807, 2.05) is 60.7 Å². The molecule has 8 heteroatoms. The third-order valence-electron chi connectivity index (χ3n) is 4.28. The van der Waals surface area contributed by atoms with E-state index in [1.165, 1.54) is 4.90 Å². The van der Waals surface area contributed by atoms with Crippen LogP contribution in [-0.2, 0) is 36.2 Å². The van der Waals surface area contributed by atoms with Crippen molar-refractivity contribution in [3.63, 3.8) is 0 Å². The van der Waals surface area contributed by atoms with E-state index in [-0.39, 0.29) is 13.2 Å². The van der Waals surface area contributed by atoms with E-state index >= 15 is 0 Å². The standard InChI is InChI=1S/C20H24NO6P/c22-20(21-14-7-8-15-21)26-27-28(23,25-17-19-11-5-2-6-12-19)24-16-13-18-9-3-1-4-10-18/h1-6,9-12H,7-8,13-17H2. The molecule has 0 aliphatic carbocycles. The molecule has 2 aromatic carbocycles. The Morgan fingerprint density at radius 3 is 2.14 bits per heavy atom. The summed E-state index contributed by atoms with van der Waals surface area (Å²) >= 11 is 0. The van der Waals surface area contributed by atoms with Crippen LogP contribution in [-0.4, -0.2) is 30.7 Å². The van der Waals surface area contributed by atoms with Crippen molar-refractivity contribution in [1.29, 1.82) is 0 Å². The molecule has 3 rings (SSSR count). The van der Waals surface area contributed by atoms with Gasteiger partial charge in [0.2, 0.25) is 0 Å². The number of hydrogen-bond acceptors (Lipinski definition) is 6. The zero-order chi connectivity index (χ0) is 19.7. The first-order valence-electron chi connectivity index (χ1n) is 9.27. The third kappa shape index (κ3) is 6.46. The zero-order valence-electron chi connectivity index (χ0n) is 15.6. The van der Waals surface area contributed by atoms with E-state index < -0.39 is 13.9 Å². The second kappa shape index (κ2) is 10.4. The number of likely N-dealkylation sites (tertiary alicyclic amines) is 1. The Hall–Kier alpha value is -2.18. The molecule has 7 nitrogen and oxygen atoms in total. The summed E-state index contributed by atoms with van der Waals surface area (Å²) in [6.07, 6.45) is 1.64. The fourth-order valence-electron chi connectivity index (χ4n) is 2.76. The fourth-order valence-corrected chi connectivity index (χ4v) is 3.70. The molecular weight excluding hydrogens is 381 g/mol. The van der Waals surface area contributed by atoms with Gasteiger partial charge in [0.15, 0.2) is 0 Å². The van der Waals surface area contributed by atoms with Crippen molar-refractivity contribution in [3.8, 4) is 0 Å². The molecule has 0 aromatic heterocycles. The van der Waals surface area contributed by atoms with Gasteiger partial charge < -0.3 is 4.90 Å². The summed E-state index contributed by atoms with van der Waals surface area (Å²) in [5.41, 5.74) is 1.81. The lowest BCUT2D eigenvalue weighted by Crippen LogP contribution is -2.28. The van der Waals surface area contributed by atoms with E-state index in [0.717, 1.165) is 24.0 Å². The highest BCUT2D eigenvalue weighted by atomic mass is 31.2. The number of amides is 1. The number of phosphoric ester groups is 1. The Balaban J connectivity index is 1.56.